The molecule has 0 atom stereocenters. The molecule has 88 valence electrons. The lowest BCUT2D eigenvalue weighted by Crippen LogP contribution is -2.38. The van der Waals surface area contributed by atoms with E-state index in [0.717, 1.165) is 5.56 Å². The van der Waals surface area contributed by atoms with Crippen LogP contribution in [0.25, 0.3) is 0 Å². The van der Waals surface area contributed by atoms with Crippen molar-refractivity contribution in [3.05, 3.63) is 35.9 Å². The molecule has 7 heteroatoms. The maximum atomic E-state index is 11.2. The predicted octanol–water partition coefficient (Wildman–Crippen LogP) is -0.305. The minimum Gasteiger partial charge on any atom is -0.480 e. The highest BCUT2D eigenvalue weighted by molar-refractivity contribution is 7.87. The van der Waals surface area contributed by atoms with Gasteiger partial charge in [-0.15, -0.1) is 0 Å². The Hall–Kier alpha value is -1.44. The number of carbonyl (C=O) groups is 1. The molecule has 0 amide bonds. The smallest absolute Gasteiger partial charge is 0.318 e. The maximum Gasteiger partial charge on any atom is 0.318 e. The number of rotatable bonds is 6. The van der Waals surface area contributed by atoms with E-state index in [1.165, 1.54) is 0 Å². The summed E-state index contributed by atoms with van der Waals surface area (Å²) in [7, 11) is -3.76. The summed E-state index contributed by atoms with van der Waals surface area (Å²) in [6.45, 7) is -0.514. The minimum atomic E-state index is -3.76. The summed E-state index contributed by atoms with van der Waals surface area (Å²) in [4.78, 5) is 10.2. The highest BCUT2D eigenvalue weighted by atomic mass is 32.2. The Morgan fingerprint density at radius 3 is 2.38 bits per heavy atom. The van der Waals surface area contributed by atoms with E-state index in [4.69, 9.17) is 5.11 Å². The SMILES string of the molecule is O=C(O)CNS(=O)(=O)NCc1ccccc1. The standard InChI is InChI=1S/C9H12N2O4S/c12-9(13)7-11-16(14,15)10-6-8-4-2-1-3-5-8/h1-5,10-11H,6-7H2,(H,12,13). The maximum absolute atomic E-state index is 11.2. The van der Waals surface area contributed by atoms with E-state index in [2.05, 4.69) is 4.72 Å². The lowest BCUT2D eigenvalue weighted by Gasteiger charge is -2.06. The van der Waals surface area contributed by atoms with Gasteiger partial charge in [0.25, 0.3) is 10.2 Å². The zero-order chi connectivity index (χ0) is 12.0. The molecule has 0 aromatic heterocycles. The normalized spacial score (nSPS) is 11.2. The van der Waals surface area contributed by atoms with E-state index in [0.29, 0.717) is 0 Å². The molecule has 0 aliphatic heterocycles. The van der Waals surface area contributed by atoms with Crippen molar-refractivity contribution in [1.82, 2.24) is 9.44 Å². The zero-order valence-electron chi connectivity index (χ0n) is 8.38. The summed E-state index contributed by atoms with van der Waals surface area (Å²) in [6, 6.07) is 8.92. The van der Waals surface area contributed by atoms with E-state index >= 15 is 0 Å². The largest absolute Gasteiger partial charge is 0.480 e. The summed E-state index contributed by atoms with van der Waals surface area (Å²) in [5, 5.41) is 8.31. The number of nitrogens with one attached hydrogen (secondary N) is 2. The fraction of sp³-hybridized carbons (Fsp3) is 0.222. The van der Waals surface area contributed by atoms with Crippen molar-refractivity contribution in [2.75, 3.05) is 6.54 Å². The Labute approximate surface area is 93.5 Å². The van der Waals surface area contributed by atoms with Crippen LogP contribution in [-0.2, 0) is 21.5 Å². The first-order valence-electron chi connectivity index (χ1n) is 4.49. The molecule has 0 aliphatic carbocycles. The van der Waals surface area contributed by atoms with E-state index in [1.54, 1.807) is 24.3 Å². The molecule has 1 aromatic carbocycles. The summed E-state index contributed by atoms with van der Waals surface area (Å²) >= 11 is 0. The molecule has 0 aliphatic rings. The van der Waals surface area contributed by atoms with E-state index < -0.39 is 22.7 Å². The highest BCUT2D eigenvalue weighted by Crippen LogP contribution is 1.97. The molecule has 0 radical (unpaired) electrons. The van der Waals surface area contributed by atoms with Crippen molar-refractivity contribution in [1.29, 1.82) is 0 Å². The molecule has 6 nitrogen and oxygen atoms in total. The van der Waals surface area contributed by atoms with Crippen molar-refractivity contribution in [2.45, 2.75) is 6.54 Å². The number of benzene rings is 1. The van der Waals surface area contributed by atoms with Crippen molar-refractivity contribution in [2.24, 2.45) is 0 Å². The molecular formula is C9H12N2O4S. The second-order valence-corrected chi connectivity index (χ2v) is 4.61. The van der Waals surface area contributed by atoms with Crippen LogP contribution in [0.2, 0.25) is 0 Å². The van der Waals surface area contributed by atoms with Gasteiger partial charge in [0.1, 0.15) is 6.54 Å². The van der Waals surface area contributed by atoms with E-state index in [9.17, 15) is 13.2 Å². The van der Waals surface area contributed by atoms with Gasteiger partial charge >= 0.3 is 5.97 Å². The van der Waals surface area contributed by atoms with E-state index in [1.807, 2.05) is 10.8 Å². The van der Waals surface area contributed by atoms with Gasteiger partial charge in [-0.25, -0.2) is 0 Å². The Bertz CT molecular complexity index is 444. The molecule has 0 saturated heterocycles. The van der Waals surface area contributed by atoms with Crippen molar-refractivity contribution in [3.63, 3.8) is 0 Å². The molecular weight excluding hydrogens is 232 g/mol. The van der Waals surface area contributed by atoms with Gasteiger partial charge in [-0.2, -0.15) is 17.9 Å². The average molecular weight is 244 g/mol. The van der Waals surface area contributed by atoms with Crippen LogP contribution >= 0.6 is 0 Å². The molecule has 0 saturated carbocycles. The fourth-order valence-electron chi connectivity index (χ4n) is 0.982. The van der Waals surface area contributed by atoms with Gasteiger partial charge in [-0.05, 0) is 5.56 Å². The highest BCUT2D eigenvalue weighted by Gasteiger charge is 2.10. The van der Waals surface area contributed by atoms with Gasteiger partial charge in [0, 0.05) is 6.54 Å². The molecule has 0 fully saturated rings. The number of hydrogen-bond acceptors (Lipinski definition) is 3. The van der Waals surface area contributed by atoms with Gasteiger partial charge in [0.15, 0.2) is 0 Å². The molecule has 1 aromatic rings. The van der Waals surface area contributed by atoms with Gasteiger partial charge in [0.2, 0.25) is 0 Å². The molecule has 0 heterocycles. The minimum absolute atomic E-state index is 0.121. The lowest BCUT2D eigenvalue weighted by molar-refractivity contribution is -0.135. The van der Waals surface area contributed by atoms with Crippen LogP contribution in [0, 0.1) is 0 Å². The molecule has 16 heavy (non-hydrogen) atoms. The number of carboxylic acids is 1. The second kappa shape index (κ2) is 5.59. The van der Waals surface area contributed by atoms with Gasteiger partial charge in [-0.1, -0.05) is 30.3 Å². The van der Waals surface area contributed by atoms with Crippen LogP contribution in [0.3, 0.4) is 0 Å². The van der Waals surface area contributed by atoms with Gasteiger partial charge in [-0.3, -0.25) is 4.79 Å². The van der Waals surface area contributed by atoms with Crippen molar-refractivity contribution < 1.29 is 18.3 Å². The van der Waals surface area contributed by atoms with Crippen LogP contribution in [0.1, 0.15) is 5.56 Å². The molecule has 0 unspecified atom stereocenters. The Morgan fingerprint density at radius 1 is 1.19 bits per heavy atom. The van der Waals surface area contributed by atoms with Crippen molar-refractivity contribution in [3.8, 4) is 0 Å². The summed E-state index contributed by atoms with van der Waals surface area (Å²) in [5.41, 5.74) is 0.795. The number of aliphatic carboxylic acids is 1. The number of carboxylic acid groups (broad SMARTS) is 1. The van der Waals surface area contributed by atoms with Gasteiger partial charge in [0.05, 0.1) is 0 Å². The molecule has 0 bridgehead atoms. The third-order valence-corrected chi connectivity index (χ3v) is 2.77. The first kappa shape index (κ1) is 12.6. The van der Waals surface area contributed by atoms with Gasteiger partial charge < -0.3 is 5.11 Å². The summed E-state index contributed by atoms with van der Waals surface area (Å²) in [6.07, 6.45) is 0. The first-order chi connectivity index (χ1) is 7.49. The predicted molar refractivity (Wildman–Crippen MR) is 57.8 cm³/mol. The van der Waals surface area contributed by atoms with Crippen molar-refractivity contribution >= 4 is 16.2 Å². The van der Waals surface area contributed by atoms with Crippen LogP contribution < -0.4 is 9.44 Å². The zero-order valence-corrected chi connectivity index (χ0v) is 9.20. The van der Waals surface area contributed by atoms with Crippen LogP contribution in [0.5, 0.6) is 0 Å². The summed E-state index contributed by atoms with van der Waals surface area (Å²) < 4.78 is 26.6. The van der Waals surface area contributed by atoms with Crippen LogP contribution in [0.15, 0.2) is 30.3 Å². The average Bonchev–Trinajstić information content (AvgIpc) is 2.26. The lowest BCUT2D eigenvalue weighted by atomic mass is 10.2. The first-order valence-corrected chi connectivity index (χ1v) is 5.98. The third-order valence-electron chi connectivity index (χ3n) is 1.72. The molecule has 3 N–H and O–H groups in total. The van der Waals surface area contributed by atoms with Crippen LogP contribution in [-0.4, -0.2) is 26.0 Å². The topological polar surface area (TPSA) is 95.5 Å². The van der Waals surface area contributed by atoms with E-state index in [-0.39, 0.29) is 6.54 Å². The fourth-order valence-corrected chi connectivity index (χ4v) is 1.75. The van der Waals surface area contributed by atoms with Crippen LogP contribution in [0.4, 0.5) is 0 Å². The molecule has 0 spiro atoms. The Balaban J connectivity index is 2.45. The Morgan fingerprint density at radius 2 is 1.81 bits per heavy atom. The number of hydrogen-bond donors (Lipinski definition) is 3. The Kier molecular flexibility index (Phi) is 4.41. The quantitative estimate of drug-likeness (QED) is 0.640. The summed E-state index contributed by atoms with van der Waals surface area (Å²) in [5.74, 6) is -1.23. The second-order valence-electron chi connectivity index (χ2n) is 3.03. The monoisotopic (exact) mass is 244 g/mol. The third kappa shape index (κ3) is 4.87. The molecule has 1 rings (SSSR count).